The minimum atomic E-state index is -0.471. The lowest BCUT2D eigenvalue weighted by Gasteiger charge is -2.10. The van der Waals surface area contributed by atoms with Crippen LogP contribution in [0.3, 0.4) is 0 Å². The van der Waals surface area contributed by atoms with Gasteiger partial charge in [0, 0.05) is 13.1 Å². The van der Waals surface area contributed by atoms with E-state index in [2.05, 4.69) is 25.8 Å². The summed E-state index contributed by atoms with van der Waals surface area (Å²) in [5.74, 6) is -0.701. The number of rotatable bonds is 5. The Morgan fingerprint density at radius 1 is 1.25 bits per heavy atom. The third kappa shape index (κ3) is 3.18. The first-order valence-corrected chi connectivity index (χ1v) is 5.96. The molecule has 0 aliphatic rings. The predicted octanol–water partition coefficient (Wildman–Crippen LogP) is -0.255. The molecule has 1 heterocycles. The van der Waals surface area contributed by atoms with Crippen LogP contribution in [0.2, 0.25) is 0 Å². The highest BCUT2D eigenvalue weighted by Gasteiger charge is 2.14. The molecule has 0 atom stereocenters. The zero-order valence-corrected chi connectivity index (χ0v) is 10.6. The summed E-state index contributed by atoms with van der Waals surface area (Å²) < 4.78 is 0. The van der Waals surface area contributed by atoms with Gasteiger partial charge in [-0.25, -0.2) is 4.98 Å². The standard InChI is InChI=1S/C12H14N6O2/c13-5-6-14-11(19)8-3-1-2-4-9(8)17-12(20)10-15-7-16-18-10/h1-4,7H,5-6,13H2,(H,14,19)(H,17,20)(H,15,16,18). The van der Waals surface area contributed by atoms with Crippen LogP contribution in [0, 0.1) is 0 Å². The maximum Gasteiger partial charge on any atom is 0.293 e. The van der Waals surface area contributed by atoms with Crippen LogP contribution in [0.4, 0.5) is 5.69 Å². The lowest BCUT2D eigenvalue weighted by molar-refractivity contribution is 0.0955. The van der Waals surface area contributed by atoms with Gasteiger partial charge in [0.25, 0.3) is 11.8 Å². The van der Waals surface area contributed by atoms with E-state index < -0.39 is 5.91 Å². The molecule has 2 aromatic rings. The number of hydrogen-bond donors (Lipinski definition) is 4. The third-order valence-corrected chi connectivity index (χ3v) is 2.48. The molecule has 2 rings (SSSR count). The van der Waals surface area contributed by atoms with Crippen LogP contribution < -0.4 is 16.4 Å². The first-order chi connectivity index (χ1) is 9.72. The maximum atomic E-state index is 11.9. The zero-order chi connectivity index (χ0) is 14.4. The van der Waals surface area contributed by atoms with Gasteiger partial charge in [-0.2, -0.15) is 5.10 Å². The minimum Gasteiger partial charge on any atom is -0.351 e. The highest BCUT2D eigenvalue weighted by atomic mass is 16.2. The van der Waals surface area contributed by atoms with E-state index in [1.165, 1.54) is 6.33 Å². The van der Waals surface area contributed by atoms with Crippen molar-refractivity contribution < 1.29 is 9.59 Å². The van der Waals surface area contributed by atoms with Crippen LogP contribution in [-0.4, -0.2) is 40.1 Å². The largest absolute Gasteiger partial charge is 0.351 e. The van der Waals surface area contributed by atoms with Crippen LogP contribution in [0.1, 0.15) is 21.0 Å². The Morgan fingerprint density at radius 3 is 2.75 bits per heavy atom. The van der Waals surface area contributed by atoms with Crippen molar-refractivity contribution in [1.82, 2.24) is 20.5 Å². The van der Waals surface area contributed by atoms with Gasteiger partial charge in [-0.3, -0.25) is 14.7 Å². The number of nitrogens with one attached hydrogen (secondary N) is 3. The SMILES string of the molecule is NCCNC(=O)c1ccccc1NC(=O)c1ncn[nH]1. The second-order valence-corrected chi connectivity index (χ2v) is 3.88. The van der Waals surface area contributed by atoms with Crippen molar-refractivity contribution in [2.45, 2.75) is 0 Å². The molecule has 0 saturated carbocycles. The van der Waals surface area contributed by atoms with Crippen molar-refractivity contribution in [3.8, 4) is 0 Å². The van der Waals surface area contributed by atoms with E-state index in [1.54, 1.807) is 24.3 Å². The van der Waals surface area contributed by atoms with E-state index in [4.69, 9.17) is 5.73 Å². The maximum absolute atomic E-state index is 11.9. The molecule has 0 spiro atoms. The van der Waals surface area contributed by atoms with Crippen molar-refractivity contribution >= 4 is 17.5 Å². The number of aromatic amines is 1. The number of nitrogens with zero attached hydrogens (tertiary/aromatic N) is 2. The topological polar surface area (TPSA) is 126 Å². The Balaban J connectivity index is 2.15. The van der Waals surface area contributed by atoms with Gasteiger partial charge in [0.05, 0.1) is 11.3 Å². The second-order valence-electron chi connectivity index (χ2n) is 3.88. The second kappa shape index (κ2) is 6.43. The van der Waals surface area contributed by atoms with Crippen LogP contribution in [0.5, 0.6) is 0 Å². The van der Waals surface area contributed by atoms with E-state index in [-0.39, 0.29) is 11.7 Å². The Labute approximate surface area is 114 Å². The lowest BCUT2D eigenvalue weighted by Crippen LogP contribution is -2.30. The fourth-order valence-corrected chi connectivity index (χ4v) is 1.57. The minimum absolute atomic E-state index is 0.0715. The molecule has 5 N–H and O–H groups in total. The average molecular weight is 274 g/mol. The number of nitrogens with two attached hydrogens (primary N) is 1. The molecule has 104 valence electrons. The van der Waals surface area contributed by atoms with Crippen LogP contribution in [0.15, 0.2) is 30.6 Å². The number of para-hydroxylation sites is 1. The summed E-state index contributed by atoms with van der Waals surface area (Å²) in [5, 5.41) is 11.3. The van der Waals surface area contributed by atoms with Gasteiger partial charge >= 0.3 is 0 Å². The monoisotopic (exact) mass is 274 g/mol. The first kappa shape index (κ1) is 13.7. The van der Waals surface area contributed by atoms with E-state index in [9.17, 15) is 9.59 Å². The van der Waals surface area contributed by atoms with E-state index in [0.717, 1.165) is 0 Å². The summed E-state index contributed by atoms with van der Waals surface area (Å²) in [4.78, 5) is 27.5. The third-order valence-electron chi connectivity index (χ3n) is 2.48. The number of carbonyl (C=O) groups excluding carboxylic acids is 2. The summed E-state index contributed by atoms with van der Waals surface area (Å²) in [6, 6.07) is 6.67. The molecule has 2 amide bonds. The molecular formula is C12H14N6O2. The molecule has 0 aliphatic heterocycles. The van der Waals surface area contributed by atoms with Crippen molar-refractivity contribution in [3.63, 3.8) is 0 Å². The van der Waals surface area contributed by atoms with Gasteiger partial charge in [0.2, 0.25) is 5.82 Å². The Morgan fingerprint density at radius 2 is 2.05 bits per heavy atom. The summed E-state index contributed by atoms with van der Waals surface area (Å²) in [6.07, 6.45) is 1.23. The molecule has 0 saturated heterocycles. The highest BCUT2D eigenvalue weighted by Crippen LogP contribution is 2.15. The van der Waals surface area contributed by atoms with E-state index in [0.29, 0.717) is 24.3 Å². The average Bonchev–Trinajstić information content (AvgIpc) is 2.99. The van der Waals surface area contributed by atoms with Gasteiger partial charge in [-0.05, 0) is 12.1 Å². The fraction of sp³-hybridized carbons (Fsp3) is 0.167. The molecule has 8 heteroatoms. The molecule has 0 bridgehead atoms. The van der Waals surface area contributed by atoms with Crippen molar-refractivity contribution in [1.29, 1.82) is 0 Å². The molecule has 20 heavy (non-hydrogen) atoms. The van der Waals surface area contributed by atoms with Gasteiger partial charge in [0.15, 0.2) is 0 Å². The number of carbonyl (C=O) groups is 2. The van der Waals surface area contributed by atoms with Gasteiger partial charge in [-0.15, -0.1) is 0 Å². The van der Waals surface area contributed by atoms with Gasteiger partial charge in [-0.1, -0.05) is 12.1 Å². The summed E-state index contributed by atoms with van der Waals surface area (Å²) in [5.41, 5.74) is 6.08. The fourth-order valence-electron chi connectivity index (χ4n) is 1.57. The molecular weight excluding hydrogens is 260 g/mol. The Kier molecular flexibility index (Phi) is 4.40. The molecule has 0 unspecified atom stereocenters. The van der Waals surface area contributed by atoms with Crippen LogP contribution in [-0.2, 0) is 0 Å². The smallest absolute Gasteiger partial charge is 0.293 e. The number of aromatic nitrogens is 3. The molecule has 0 fully saturated rings. The molecule has 1 aromatic carbocycles. The van der Waals surface area contributed by atoms with Crippen LogP contribution >= 0.6 is 0 Å². The van der Waals surface area contributed by atoms with E-state index in [1.807, 2.05) is 0 Å². The van der Waals surface area contributed by atoms with Crippen molar-refractivity contribution in [2.24, 2.45) is 5.73 Å². The number of hydrogen-bond acceptors (Lipinski definition) is 5. The van der Waals surface area contributed by atoms with Crippen LogP contribution in [0.25, 0.3) is 0 Å². The molecule has 1 aromatic heterocycles. The summed E-state index contributed by atoms with van der Waals surface area (Å²) in [6.45, 7) is 0.710. The summed E-state index contributed by atoms with van der Waals surface area (Å²) >= 11 is 0. The Bertz CT molecular complexity index is 596. The zero-order valence-electron chi connectivity index (χ0n) is 10.6. The quantitative estimate of drug-likeness (QED) is 0.598. The number of H-pyrrole nitrogens is 1. The van der Waals surface area contributed by atoms with Crippen molar-refractivity contribution in [3.05, 3.63) is 42.0 Å². The van der Waals surface area contributed by atoms with E-state index >= 15 is 0 Å². The number of anilines is 1. The lowest BCUT2D eigenvalue weighted by atomic mass is 10.1. The predicted molar refractivity (Wildman–Crippen MR) is 72.2 cm³/mol. The highest BCUT2D eigenvalue weighted by molar-refractivity contribution is 6.07. The van der Waals surface area contributed by atoms with Gasteiger partial charge in [0.1, 0.15) is 6.33 Å². The molecule has 8 nitrogen and oxygen atoms in total. The van der Waals surface area contributed by atoms with Crippen molar-refractivity contribution in [2.75, 3.05) is 18.4 Å². The summed E-state index contributed by atoms with van der Waals surface area (Å²) in [7, 11) is 0. The number of amides is 2. The molecule has 0 radical (unpaired) electrons. The first-order valence-electron chi connectivity index (χ1n) is 5.96. The van der Waals surface area contributed by atoms with Gasteiger partial charge < -0.3 is 16.4 Å². The Hall–Kier alpha value is -2.74. The number of benzene rings is 1. The normalized spacial score (nSPS) is 10.1. The molecule has 0 aliphatic carbocycles.